The lowest BCUT2D eigenvalue weighted by Gasteiger charge is -2.40. The molecule has 0 radical (unpaired) electrons. The maximum Gasteiger partial charge on any atom is 0.234 e. The second-order valence-electron chi connectivity index (χ2n) is 5.71. The maximum atomic E-state index is 11.6. The molecule has 0 aromatic carbocycles. The predicted molar refractivity (Wildman–Crippen MR) is 70.9 cm³/mol. The summed E-state index contributed by atoms with van der Waals surface area (Å²) in [5, 5.41) is 6.29. The van der Waals surface area contributed by atoms with E-state index in [4.69, 9.17) is 0 Å². The molecule has 1 rings (SSSR count). The first-order valence-corrected chi connectivity index (χ1v) is 6.63. The van der Waals surface area contributed by atoms with E-state index in [0.29, 0.717) is 24.5 Å². The van der Waals surface area contributed by atoms with Gasteiger partial charge in [-0.15, -0.1) is 0 Å². The third-order valence-corrected chi connectivity index (χ3v) is 3.58. The standard InChI is InChI=1S/C13H27N3O/c1-9(2)15-13(17)7-14-12-6-11(4)16(5)8-10(12)3/h9-12,14H,6-8H2,1-5H3,(H,15,17)/t10-,11+,12+/m0/s1. The number of amides is 1. The van der Waals surface area contributed by atoms with Crippen molar-refractivity contribution in [3.05, 3.63) is 0 Å². The molecule has 0 bridgehead atoms. The van der Waals surface area contributed by atoms with Crippen LogP contribution in [0.5, 0.6) is 0 Å². The van der Waals surface area contributed by atoms with Crippen LogP contribution in [0.1, 0.15) is 34.1 Å². The minimum Gasteiger partial charge on any atom is -0.353 e. The van der Waals surface area contributed by atoms with Gasteiger partial charge in [0.1, 0.15) is 0 Å². The van der Waals surface area contributed by atoms with Crippen LogP contribution in [0, 0.1) is 5.92 Å². The molecule has 2 N–H and O–H groups in total. The summed E-state index contributed by atoms with van der Waals surface area (Å²) in [5.74, 6) is 0.696. The molecule has 17 heavy (non-hydrogen) atoms. The van der Waals surface area contributed by atoms with Gasteiger partial charge in [-0.25, -0.2) is 0 Å². The zero-order valence-electron chi connectivity index (χ0n) is 11.8. The van der Waals surface area contributed by atoms with Crippen LogP contribution in [0.25, 0.3) is 0 Å². The third kappa shape index (κ3) is 4.64. The molecule has 100 valence electrons. The van der Waals surface area contributed by atoms with E-state index >= 15 is 0 Å². The number of rotatable bonds is 4. The van der Waals surface area contributed by atoms with Crippen molar-refractivity contribution < 1.29 is 4.79 Å². The van der Waals surface area contributed by atoms with E-state index in [9.17, 15) is 4.79 Å². The quantitative estimate of drug-likeness (QED) is 0.766. The molecule has 1 aliphatic rings. The van der Waals surface area contributed by atoms with Crippen LogP contribution >= 0.6 is 0 Å². The zero-order valence-corrected chi connectivity index (χ0v) is 11.8. The summed E-state index contributed by atoms with van der Waals surface area (Å²) in [6.07, 6.45) is 1.12. The lowest BCUT2D eigenvalue weighted by molar-refractivity contribution is -0.121. The summed E-state index contributed by atoms with van der Waals surface area (Å²) >= 11 is 0. The second kappa shape index (κ2) is 6.36. The molecule has 0 aromatic heterocycles. The SMILES string of the molecule is CC(C)NC(=O)CN[C@@H]1C[C@@H](C)N(C)C[C@@H]1C. The highest BCUT2D eigenvalue weighted by Crippen LogP contribution is 2.20. The molecule has 0 aliphatic carbocycles. The Morgan fingerprint density at radius 1 is 1.41 bits per heavy atom. The van der Waals surface area contributed by atoms with E-state index in [0.717, 1.165) is 13.0 Å². The molecule has 1 amide bonds. The van der Waals surface area contributed by atoms with E-state index < -0.39 is 0 Å². The van der Waals surface area contributed by atoms with Crippen molar-refractivity contribution in [2.24, 2.45) is 5.92 Å². The lowest BCUT2D eigenvalue weighted by Crippen LogP contribution is -2.52. The Kier molecular flexibility index (Phi) is 5.40. The Balaban J connectivity index is 2.33. The van der Waals surface area contributed by atoms with Crippen molar-refractivity contribution in [3.63, 3.8) is 0 Å². The van der Waals surface area contributed by atoms with E-state index in [1.165, 1.54) is 0 Å². The summed E-state index contributed by atoms with van der Waals surface area (Å²) in [5.41, 5.74) is 0. The maximum absolute atomic E-state index is 11.6. The average Bonchev–Trinajstić information content (AvgIpc) is 2.20. The summed E-state index contributed by atoms with van der Waals surface area (Å²) in [6, 6.07) is 1.27. The molecule has 0 spiro atoms. The lowest BCUT2D eigenvalue weighted by atomic mass is 9.90. The number of likely N-dealkylation sites (tertiary alicyclic amines) is 1. The molecule has 1 heterocycles. The minimum absolute atomic E-state index is 0.0961. The smallest absolute Gasteiger partial charge is 0.234 e. The van der Waals surface area contributed by atoms with Crippen LogP contribution in [0.15, 0.2) is 0 Å². The van der Waals surface area contributed by atoms with Crippen LogP contribution in [0.3, 0.4) is 0 Å². The fourth-order valence-electron chi connectivity index (χ4n) is 2.42. The minimum atomic E-state index is 0.0961. The fourth-order valence-corrected chi connectivity index (χ4v) is 2.42. The van der Waals surface area contributed by atoms with E-state index in [2.05, 4.69) is 36.4 Å². The highest BCUT2D eigenvalue weighted by molar-refractivity contribution is 5.78. The summed E-state index contributed by atoms with van der Waals surface area (Å²) in [4.78, 5) is 14.0. The van der Waals surface area contributed by atoms with Gasteiger partial charge in [0.25, 0.3) is 0 Å². The summed E-state index contributed by atoms with van der Waals surface area (Å²) in [6.45, 7) is 10.00. The highest BCUT2D eigenvalue weighted by Gasteiger charge is 2.28. The number of nitrogens with one attached hydrogen (secondary N) is 2. The molecule has 4 heteroatoms. The number of hydrogen-bond acceptors (Lipinski definition) is 3. The van der Waals surface area contributed by atoms with Gasteiger partial charge < -0.3 is 15.5 Å². The first-order chi connectivity index (χ1) is 7.90. The van der Waals surface area contributed by atoms with E-state index in [-0.39, 0.29) is 11.9 Å². The van der Waals surface area contributed by atoms with Crippen molar-refractivity contribution in [2.75, 3.05) is 20.1 Å². The Hall–Kier alpha value is -0.610. The number of hydrogen-bond donors (Lipinski definition) is 2. The van der Waals surface area contributed by atoms with Crippen LogP contribution in [0.4, 0.5) is 0 Å². The van der Waals surface area contributed by atoms with Gasteiger partial charge in [-0.3, -0.25) is 4.79 Å². The van der Waals surface area contributed by atoms with Gasteiger partial charge >= 0.3 is 0 Å². The molecule has 1 fully saturated rings. The predicted octanol–water partition coefficient (Wildman–Crippen LogP) is 0.829. The van der Waals surface area contributed by atoms with Gasteiger partial charge in [0, 0.05) is 24.7 Å². The highest BCUT2D eigenvalue weighted by atomic mass is 16.1. The van der Waals surface area contributed by atoms with Crippen molar-refractivity contribution in [3.8, 4) is 0 Å². The zero-order chi connectivity index (χ0) is 13.0. The van der Waals surface area contributed by atoms with Crippen LogP contribution < -0.4 is 10.6 Å². The number of piperidine rings is 1. The van der Waals surface area contributed by atoms with Gasteiger partial charge in [0.15, 0.2) is 0 Å². The van der Waals surface area contributed by atoms with Gasteiger partial charge in [0.2, 0.25) is 5.91 Å². The van der Waals surface area contributed by atoms with Gasteiger partial charge in [-0.05, 0) is 40.2 Å². The molecule has 0 saturated carbocycles. The second-order valence-corrected chi connectivity index (χ2v) is 5.71. The summed E-state index contributed by atoms with van der Waals surface area (Å²) < 4.78 is 0. The Labute approximate surface area is 105 Å². The Bertz CT molecular complexity index is 255. The third-order valence-electron chi connectivity index (χ3n) is 3.58. The average molecular weight is 241 g/mol. The van der Waals surface area contributed by atoms with Crippen LogP contribution in [-0.2, 0) is 4.79 Å². The van der Waals surface area contributed by atoms with E-state index in [1.807, 2.05) is 13.8 Å². The molecular weight excluding hydrogens is 214 g/mol. The van der Waals surface area contributed by atoms with Crippen molar-refractivity contribution in [2.45, 2.75) is 52.2 Å². The molecule has 1 aliphatic heterocycles. The number of carbonyl (C=O) groups is 1. The van der Waals surface area contributed by atoms with Crippen LogP contribution in [0.2, 0.25) is 0 Å². The monoisotopic (exact) mass is 241 g/mol. The molecule has 1 saturated heterocycles. The summed E-state index contributed by atoms with van der Waals surface area (Å²) in [7, 11) is 2.17. The first kappa shape index (κ1) is 14.5. The number of nitrogens with zero attached hydrogens (tertiary/aromatic N) is 1. The van der Waals surface area contributed by atoms with Crippen molar-refractivity contribution >= 4 is 5.91 Å². The van der Waals surface area contributed by atoms with Crippen LogP contribution in [-0.4, -0.2) is 49.1 Å². The fraction of sp³-hybridized carbons (Fsp3) is 0.923. The van der Waals surface area contributed by atoms with E-state index in [1.54, 1.807) is 0 Å². The molecule has 0 aromatic rings. The van der Waals surface area contributed by atoms with Crippen molar-refractivity contribution in [1.29, 1.82) is 0 Å². The largest absolute Gasteiger partial charge is 0.353 e. The molecule has 3 atom stereocenters. The Morgan fingerprint density at radius 2 is 2.06 bits per heavy atom. The number of carbonyl (C=O) groups excluding carboxylic acids is 1. The van der Waals surface area contributed by atoms with Gasteiger partial charge in [-0.1, -0.05) is 6.92 Å². The van der Waals surface area contributed by atoms with Gasteiger partial charge in [0.05, 0.1) is 6.54 Å². The molecule has 0 unspecified atom stereocenters. The van der Waals surface area contributed by atoms with Gasteiger partial charge in [-0.2, -0.15) is 0 Å². The first-order valence-electron chi connectivity index (χ1n) is 6.63. The van der Waals surface area contributed by atoms with Crippen molar-refractivity contribution in [1.82, 2.24) is 15.5 Å². The molecule has 4 nitrogen and oxygen atoms in total. The Morgan fingerprint density at radius 3 is 2.65 bits per heavy atom. The normalized spacial score (nSPS) is 30.6. The molecular formula is C13H27N3O. The topological polar surface area (TPSA) is 44.4 Å².